The van der Waals surface area contributed by atoms with Gasteiger partial charge in [0.05, 0.1) is 16.1 Å². The van der Waals surface area contributed by atoms with E-state index >= 15 is 0 Å². The number of aromatic nitrogens is 2. The van der Waals surface area contributed by atoms with Crippen LogP contribution in [0.1, 0.15) is 44.1 Å². The van der Waals surface area contributed by atoms with Crippen molar-refractivity contribution in [2.45, 2.75) is 33.2 Å². The number of benzene rings is 1. The van der Waals surface area contributed by atoms with E-state index in [1.165, 1.54) is 0 Å². The summed E-state index contributed by atoms with van der Waals surface area (Å²) in [5.41, 5.74) is 6.92. The largest absolute Gasteiger partial charge is 0.338 e. The van der Waals surface area contributed by atoms with Crippen molar-refractivity contribution in [3.05, 3.63) is 45.5 Å². The summed E-state index contributed by atoms with van der Waals surface area (Å²) in [7, 11) is 0. The minimum absolute atomic E-state index is 0.132. The van der Waals surface area contributed by atoms with Crippen molar-refractivity contribution in [1.82, 2.24) is 10.1 Å². The van der Waals surface area contributed by atoms with E-state index in [2.05, 4.69) is 10.1 Å². The van der Waals surface area contributed by atoms with Crippen LogP contribution in [-0.4, -0.2) is 10.1 Å². The predicted octanol–water partition coefficient (Wildman–Crippen LogP) is 4.01. The van der Waals surface area contributed by atoms with Crippen LogP contribution >= 0.6 is 23.2 Å². The maximum absolute atomic E-state index is 6.09. The van der Waals surface area contributed by atoms with Crippen LogP contribution in [0.2, 0.25) is 10.0 Å². The Morgan fingerprint density at radius 2 is 1.95 bits per heavy atom. The quantitative estimate of drug-likeness (QED) is 0.929. The molecule has 0 aliphatic heterocycles. The van der Waals surface area contributed by atoms with E-state index in [4.69, 9.17) is 33.5 Å². The van der Waals surface area contributed by atoms with Crippen LogP contribution in [0.3, 0.4) is 0 Å². The van der Waals surface area contributed by atoms with Gasteiger partial charge in [-0.05, 0) is 23.1 Å². The zero-order chi connectivity index (χ0) is 14.9. The Labute approximate surface area is 128 Å². The van der Waals surface area contributed by atoms with E-state index in [1.807, 2.05) is 26.8 Å². The van der Waals surface area contributed by atoms with Crippen LogP contribution in [-0.2, 0) is 6.42 Å². The van der Waals surface area contributed by atoms with E-state index in [-0.39, 0.29) is 11.5 Å². The van der Waals surface area contributed by atoms with Gasteiger partial charge in [0.15, 0.2) is 5.82 Å². The summed E-state index contributed by atoms with van der Waals surface area (Å²) < 4.78 is 5.23. The zero-order valence-corrected chi connectivity index (χ0v) is 13.2. The molecule has 6 heteroatoms. The molecule has 2 rings (SSSR count). The third-order valence-corrected chi connectivity index (χ3v) is 3.77. The van der Waals surface area contributed by atoms with Gasteiger partial charge in [-0.15, -0.1) is 0 Å². The lowest BCUT2D eigenvalue weighted by atomic mass is 9.87. The summed E-state index contributed by atoms with van der Waals surface area (Å²) in [4.78, 5) is 4.35. The van der Waals surface area contributed by atoms with Crippen molar-refractivity contribution >= 4 is 23.2 Å². The predicted molar refractivity (Wildman–Crippen MR) is 79.9 cm³/mol. The van der Waals surface area contributed by atoms with E-state index < -0.39 is 0 Å². The first-order valence-corrected chi connectivity index (χ1v) is 7.05. The third kappa shape index (κ3) is 3.51. The van der Waals surface area contributed by atoms with Crippen LogP contribution in [0.5, 0.6) is 0 Å². The molecule has 0 saturated carbocycles. The fourth-order valence-electron chi connectivity index (χ4n) is 1.67. The smallest absolute Gasteiger partial charge is 0.244 e. The number of rotatable bonds is 3. The summed E-state index contributed by atoms with van der Waals surface area (Å²) in [5, 5.41) is 5.00. The minimum Gasteiger partial charge on any atom is -0.338 e. The minimum atomic E-state index is -0.294. The molecule has 0 aliphatic rings. The molecule has 2 aromatic rings. The van der Waals surface area contributed by atoms with Gasteiger partial charge in [-0.3, -0.25) is 0 Å². The number of halogens is 2. The molecule has 20 heavy (non-hydrogen) atoms. The molecule has 0 saturated heterocycles. The van der Waals surface area contributed by atoms with E-state index in [0.717, 1.165) is 5.56 Å². The highest BCUT2D eigenvalue weighted by molar-refractivity contribution is 6.42. The molecule has 1 aromatic carbocycles. The molecule has 1 heterocycles. The van der Waals surface area contributed by atoms with Gasteiger partial charge in [-0.2, -0.15) is 4.98 Å². The molecule has 108 valence electrons. The molecule has 0 radical (unpaired) electrons. The highest BCUT2D eigenvalue weighted by atomic mass is 35.5. The van der Waals surface area contributed by atoms with Gasteiger partial charge in [0.25, 0.3) is 0 Å². The van der Waals surface area contributed by atoms with Gasteiger partial charge in [-0.25, -0.2) is 0 Å². The van der Waals surface area contributed by atoms with Crippen molar-refractivity contribution in [2.75, 3.05) is 0 Å². The molecule has 0 fully saturated rings. The number of nitrogens with zero attached hydrogens (tertiary/aromatic N) is 2. The van der Waals surface area contributed by atoms with Gasteiger partial charge in [-0.1, -0.05) is 55.2 Å². The first-order valence-electron chi connectivity index (χ1n) is 6.29. The van der Waals surface area contributed by atoms with Crippen molar-refractivity contribution in [2.24, 2.45) is 11.1 Å². The van der Waals surface area contributed by atoms with Crippen LogP contribution < -0.4 is 5.73 Å². The van der Waals surface area contributed by atoms with Crippen LogP contribution in [0, 0.1) is 5.41 Å². The van der Waals surface area contributed by atoms with Crippen molar-refractivity contribution in [3.63, 3.8) is 0 Å². The monoisotopic (exact) mass is 313 g/mol. The van der Waals surface area contributed by atoms with E-state index in [0.29, 0.717) is 28.2 Å². The molecule has 0 aliphatic carbocycles. The second-order valence-electron chi connectivity index (χ2n) is 5.82. The molecule has 1 aromatic heterocycles. The lowest BCUT2D eigenvalue weighted by Crippen LogP contribution is -2.26. The fraction of sp³-hybridized carbons (Fsp3) is 0.429. The summed E-state index contributed by atoms with van der Waals surface area (Å²) >= 11 is 11.9. The highest BCUT2D eigenvalue weighted by Crippen LogP contribution is 2.29. The lowest BCUT2D eigenvalue weighted by molar-refractivity contribution is 0.252. The summed E-state index contributed by atoms with van der Waals surface area (Å²) in [5.74, 6) is 1.03. The highest BCUT2D eigenvalue weighted by Gasteiger charge is 2.27. The molecule has 4 nitrogen and oxygen atoms in total. The van der Waals surface area contributed by atoms with E-state index in [9.17, 15) is 0 Å². The topological polar surface area (TPSA) is 64.9 Å². The standard InChI is InChI=1S/C14H17Cl2N3O/c1-14(2,3)12(17)13-18-11(19-20-13)7-8-4-5-9(15)10(16)6-8/h4-6,12H,7,17H2,1-3H3. The van der Waals surface area contributed by atoms with Gasteiger partial charge < -0.3 is 10.3 Å². The maximum atomic E-state index is 6.09. The fourth-order valence-corrected chi connectivity index (χ4v) is 1.99. The van der Waals surface area contributed by atoms with Gasteiger partial charge in [0.2, 0.25) is 5.89 Å². The molecule has 1 atom stereocenters. The SMILES string of the molecule is CC(C)(C)C(N)c1nc(Cc2ccc(Cl)c(Cl)c2)no1. The molecular weight excluding hydrogens is 297 g/mol. The Morgan fingerprint density at radius 1 is 1.25 bits per heavy atom. The zero-order valence-electron chi connectivity index (χ0n) is 11.7. The second kappa shape index (κ2) is 5.72. The number of nitrogens with two attached hydrogens (primary N) is 1. The normalized spacial score (nSPS) is 13.5. The van der Waals surface area contributed by atoms with Crippen molar-refractivity contribution in [1.29, 1.82) is 0 Å². The first-order chi connectivity index (χ1) is 9.27. The number of hydrogen-bond acceptors (Lipinski definition) is 4. The average molecular weight is 314 g/mol. The van der Waals surface area contributed by atoms with E-state index in [1.54, 1.807) is 12.1 Å². The maximum Gasteiger partial charge on any atom is 0.244 e. The third-order valence-electron chi connectivity index (χ3n) is 3.03. The summed E-state index contributed by atoms with van der Waals surface area (Å²) in [6.45, 7) is 6.08. The first kappa shape index (κ1) is 15.3. The lowest BCUT2D eigenvalue weighted by Gasteiger charge is -2.23. The Hall–Kier alpha value is -1.10. The molecule has 0 spiro atoms. The van der Waals surface area contributed by atoms with Crippen molar-refractivity contribution < 1.29 is 4.52 Å². The van der Waals surface area contributed by atoms with Gasteiger partial charge in [0, 0.05) is 6.42 Å². The Balaban J connectivity index is 2.15. The Morgan fingerprint density at radius 3 is 2.55 bits per heavy atom. The summed E-state index contributed by atoms with van der Waals surface area (Å²) in [6, 6.07) is 5.14. The van der Waals surface area contributed by atoms with Crippen LogP contribution in [0.25, 0.3) is 0 Å². The average Bonchev–Trinajstić information content (AvgIpc) is 2.80. The Bertz CT molecular complexity index is 605. The Kier molecular flexibility index (Phi) is 4.37. The molecular formula is C14H17Cl2N3O. The molecule has 1 unspecified atom stereocenters. The molecule has 0 amide bonds. The second-order valence-corrected chi connectivity index (χ2v) is 6.63. The van der Waals surface area contributed by atoms with Crippen LogP contribution in [0.4, 0.5) is 0 Å². The van der Waals surface area contributed by atoms with Crippen LogP contribution in [0.15, 0.2) is 22.7 Å². The molecule has 0 bridgehead atoms. The molecule has 2 N–H and O–H groups in total. The van der Waals surface area contributed by atoms with Gasteiger partial charge >= 0.3 is 0 Å². The number of hydrogen-bond donors (Lipinski definition) is 1. The van der Waals surface area contributed by atoms with Gasteiger partial charge in [0.1, 0.15) is 0 Å². The van der Waals surface area contributed by atoms with Crippen molar-refractivity contribution in [3.8, 4) is 0 Å². The summed E-state index contributed by atoms with van der Waals surface area (Å²) in [6.07, 6.45) is 0.525.